The first kappa shape index (κ1) is 50.0. The SMILES string of the molecule is CC\N=C(/C=C/C=C/C=C1/N(CCCCCC(=O)NCCN2C(=O)CC(SCC(C)C(N)=O)C2=O)c2ccc(S(=O)(=O)O)cc2C1(C)C)C(C)(C)c1cc(S(=O)(=O)O)ccc1C. The number of nitrogens with two attached hydrogens (primary N) is 1. The van der Waals surface area contributed by atoms with Crippen molar-refractivity contribution in [2.24, 2.45) is 16.6 Å². The Morgan fingerprint density at radius 3 is 2.29 bits per heavy atom. The molecule has 2 unspecified atom stereocenters. The highest BCUT2D eigenvalue weighted by Gasteiger charge is 2.41. The van der Waals surface area contributed by atoms with Crippen LogP contribution >= 0.6 is 11.8 Å². The molecule has 0 radical (unpaired) electrons. The Bertz CT molecular complexity index is 2390. The number of hydrogen-bond donors (Lipinski definition) is 4. The number of aryl methyl sites for hydroxylation is 1. The maximum absolute atomic E-state index is 12.8. The lowest BCUT2D eigenvalue weighted by atomic mass is 9.77. The molecular weight excluding hydrogens is 855 g/mol. The molecule has 2 aromatic carbocycles. The summed E-state index contributed by atoms with van der Waals surface area (Å²) in [6.45, 7) is 14.5. The lowest BCUT2D eigenvalue weighted by Crippen LogP contribution is -2.39. The number of unbranched alkanes of at least 4 members (excludes halogenated alkanes) is 2. The third-order valence-corrected chi connectivity index (χ3v) is 14.4. The van der Waals surface area contributed by atoms with Gasteiger partial charge >= 0.3 is 0 Å². The highest BCUT2D eigenvalue weighted by Crippen LogP contribution is 2.48. The van der Waals surface area contributed by atoms with E-state index in [2.05, 4.69) is 10.2 Å². The number of allylic oxidation sites excluding steroid dienone is 6. The van der Waals surface area contributed by atoms with E-state index in [1.54, 1.807) is 19.1 Å². The van der Waals surface area contributed by atoms with E-state index in [-0.39, 0.29) is 53.4 Å². The van der Waals surface area contributed by atoms with E-state index < -0.39 is 48.1 Å². The van der Waals surface area contributed by atoms with Gasteiger partial charge in [0.1, 0.15) is 0 Å². The molecular formula is C44H59N5O10S3. The van der Waals surface area contributed by atoms with Gasteiger partial charge in [-0.05, 0) is 85.9 Å². The van der Waals surface area contributed by atoms with Gasteiger partial charge in [-0.2, -0.15) is 16.8 Å². The van der Waals surface area contributed by atoms with Gasteiger partial charge < -0.3 is 16.0 Å². The predicted octanol–water partition coefficient (Wildman–Crippen LogP) is 5.68. The summed E-state index contributed by atoms with van der Waals surface area (Å²) >= 11 is 1.24. The molecule has 2 aliphatic heterocycles. The van der Waals surface area contributed by atoms with E-state index in [9.17, 15) is 45.1 Å². The number of benzene rings is 2. The minimum Gasteiger partial charge on any atom is -0.369 e. The quantitative estimate of drug-likeness (QED) is 0.0390. The molecule has 0 aromatic heterocycles. The number of amides is 4. The molecule has 15 nitrogen and oxygen atoms in total. The van der Waals surface area contributed by atoms with Crippen molar-refractivity contribution in [3.05, 3.63) is 89.2 Å². The number of nitrogens with one attached hydrogen (secondary N) is 1. The molecule has 4 rings (SSSR count). The van der Waals surface area contributed by atoms with Crippen LogP contribution in [0.1, 0.15) is 90.3 Å². The fourth-order valence-corrected chi connectivity index (χ4v) is 9.83. The fraction of sp³-hybridized carbons (Fsp3) is 0.477. The third kappa shape index (κ3) is 12.3. The number of anilines is 1. The number of nitrogens with zero attached hydrogens (tertiary/aromatic N) is 3. The van der Waals surface area contributed by atoms with Gasteiger partial charge in [0.2, 0.25) is 23.6 Å². The number of carbonyl (C=O) groups excluding carboxylic acids is 4. The third-order valence-electron chi connectivity index (χ3n) is 11.2. The van der Waals surface area contributed by atoms with Crippen LogP contribution in [0.5, 0.6) is 0 Å². The van der Waals surface area contributed by atoms with Gasteiger partial charge in [-0.1, -0.05) is 65.3 Å². The number of rotatable bonds is 21. The van der Waals surface area contributed by atoms with Crippen molar-refractivity contribution >= 4 is 67.0 Å². The Morgan fingerprint density at radius 2 is 1.65 bits per heavy atom. The second-order valence-corrected chi connectivity index (χ2v) is 20.6. The topological polar surface area (TPSA) is 234 Å². The molecule has 2 aliphatic rings. The lowest BCUT2D eigenvalue weighted by molar-refractivity contribution is -0.138. The number of hydrogen-bond acceptors (Lipinski definition) is 11. The zero-order chi connectivity index (χ0) is 46.2. The van der Waals surface area contributed by atoms with Crippen molar-refractivity contribution in [1.82, 2.24) is 10.2 Å². The number of aliphatic imine (C=N–C) groups is 1. The molecule has 0 aliphatic carbocycles. The molecule has 18 heteroatoms. The molecule has 1 saturated heterocycles. The Morgan fingerprint density at radius 1 is 0.984 bits per heavy atom. The smallest absolute Gasteiger partial charge is 0.294 e. The highest BCUT2D eigenvalue weighted by atomic mass is 32.2. The van der Waals surface area contributed by atoms with Gasteiger partial charge in [-0.15, -0.1) is 11.8 Å². The summed E-state index contributed by atoms with van der Waals surface area (Å²) in [7, 11) is -8.86. The minimum atomic E-state index is -4.46. The molecule has 2 aromatic rings. The summed E-state index contributed by atoms with van der Waals surface area (Å²) in [5.41, 5.74) is 8.58. The summed E-state index contributed by atoms with van der Waals surface area (Å²) in [4.78, 5) is 56.8. The van der Waals surface area contributed by atoms with Crippen molar-refractivity contribution < 1.29 is 45.1 Å². The van der Waals surface area contributed by atoms with E-state index in [4.69, 9.17) is 10.7 Å². The molecule has 4 amide bonds. The van der Waals surface area contributed by atoms with Crippen molar-refractivity contribution in [2.75, 3.05) is 36.8 Å². The van der Waals surface area contributed by atoms with Crippen LogP contribution < -0.4 is 16.0 Å². The molecule has 2 heterocycles. The van der Waals surface area contributed by atoms with Gasteiger partial charge in [0.05, 0.1) is 15.0 Å². The van der Waals surface area contributed by atoms with Crippen LogP contribution in [0.4, 0.5) is 5.69 Å². The van der Waals surface area contributed by atoms with E-state index >= 15 is 0 Å². The highest BCUT2D eigenvalue weighted by molar-refractivity contribution is 8.00. The number of imide groups is 1. The van der Waals surface area contributed by atoms with Gasteiger partial charge in [0, 0.05) is 78.6 Å². The van der Waals surface area contributed by atoms with Gasteiger partial charge in [-0.3, -0.25) is 38.2 Å². The van der Waals surface area contributed by atoms with Crippen LogP contribution in [0.3, 0.4) is 0 Å². The van der Waals surface area contributed by atoms with Crippen LogP contribution in [0.25, 0.3) is 0 Å². The van der Waals surface area contributed by atoms with Crippen LogP contribution in [-0.2, 0) is 50.2 Å². The Balaban J connectivity index is 1.41. The van der Waals surface area contributed by atoms with Gasteiger partial charge in [-0.25, -0.2) is 0 Å². The first-order valence-electron chi connectivity index (χ1n) is 20.5. The van der Waals surface area contributed by atoms with Crippen molar-refractivity contribution in [1.29, 1.82) is 0 Å². The molecule has 5 N–H and O–H groups in total. The Hall–Kier alpha value is -4.62. The van der Waals surface area contributed by atoms with Gasteiger partial charge in [0.15, 0.2) is 0 Å². The number of carbonyl (C=O) groups is 4. The lowest BCUT2D eigenvalue weighted by Gasteiger charge is -2.28. The molecule has 2 atom stereocenters. The van der Waals surface area contributed by atoms with Crippen LogP contribution in [0, 0.1) is 12.8 Å². The van der Waals surface area contributed by atoms with E-state index in [0.717, 1.165) is 27.4 Å². The number of likely N-dealkylation sites (tertiary alicyclic amines) is 1. The first-order valence-corrected chi connectivity index (χ1v) is 24.4. The number of thioether (sulfide) groups is 1. The van der Waals surface area contributed by atoms with E-state index in [0.29, 0.717) is 49.4 Å². The van der Waals surface area contributed by atoms with Crippen LogP contribution in [0.15, 0.2) is 87.3 Å². The first-order chi connectivity index (χ1) is 28.9. The molecule has 0 bridgehead atoms. The normalized spacial score (nSPS) is 18.4. The number of primary amides is 1. The van der Waals surface area contributed by atoms with E-state index in [1.807, 2.05) is 71.9 Å². The molecule has 0 spiro atoms. The summed E-state index contributed by atoms with van der Waals surface area (Å²) < 4.78 is 67.6. The summed E-state index contributed by atoms with van der Waals surface area (Å²) in [5, 5.41) is 2.22. The predicted molar refractivity (Wildman–Crippen MR) is 242 cm³/mol. The minimum absolute atomic E-state index is 0.0442. The summed E-state index contributed by atoms with van der Waals surface area (Å²) in [5.74, 6) is -1.40. The van der Waals surface area contributed by atoms with E-state index in [1.165, 1.54) is 36.0 Å². The van der Waals surface area contributed by atoms with Crippen molar-refractivity contribution in [2.45, 2.75) is 106 Å². The van der Waals surface area contributed by atoms with Crippen LogP contribution in [0.2, 0.25) is 0 Å². The second kappa shape index (κ2) is 20.7. The monoisotopic (exact) mass is 913 g/mol. The zero-order valence-corrected chi connectivity index (χ0v) is 38.8. The molecule has 338 valence electrons. The fourth-order valence-electron chi connectivity index (χ4n) is 7.60. The van der Waals surface area contributed by atoms with Crippen molar-refractivity contribution in [3.63, 3.8) is 0 Å². The standard InChI is InChI=1S/C44H59N5O10S3/c1-8-46-37(43(4,5)33-25-31(61(54,55)56)19-18-29(33)2)15-11-9-12-16-38-44(6,7)34-26-32(62(57,58)59)20-21-35(34)48(38)23-14-10-13-17-39(50)47-22-24-49-40(51)27-36(42(49)53)60-28-30(3)41(45)52/h9,11-12,15-16,18-21,25-26,30,36H,8,10,13-14,17,22-24,27-28H2,1-7H3,(H2,45,52)(H,47,50)(H,54,55,56)(H,57,58,59)/b12-9+,15-11+,38-16+,46-37+. The summed E-state index contributed by atoms with van der Waals surface area (Å²) in [6.07, 6.45) is 11.6. The second-order valence-electron chi connectivity index (χ2n) is 16.5. The molecule has 1 fully saturated rings. The molecule has 0 saturated carbocycles. The number of fused-ring (bicyclic) bond motifs is 1. The average Bonchev–Trinajstić information content (AvgIpc) is 3.57. The maximum atomic E-state index is 12.8. The Labute approximate surface area is 369 Å². The van der Waals surface area contributed by atoms with Crippen LogP contribution in [-0.4, -0.2) is 97.4 Å². The maximum Gasteiger partial charge on any atom is 0.294 e. The average molecular weight is 914 g/mol. The van der Waals surface area contributed by atoms with Gasteiger partial charge in [0.25, 0.3) is 20.2 Å². The van der Waals surface area contributed by atoms with Crippen molar-refractivity contribution in [3.8, 4) is 0 Å². The summed E-state index contributed by atoms with van der Waals surface area (Å²) in [6, 6.07) is 9.05. The Kier molecular flexibility index (Phi) is 16.7. The largest absolute Gasteiger partial charge is 0.369 e. The molecule has 62 heavy (non-hydrogen) atoms. The zero-order valence-electron chi connectivity index (χ0n) is 36.4.